The SMILES string of the molecule is CNc1ncnc2c1c(-c1cccc(N)c1)nn2C(C)C. The standard InChI is InChI=1S/C15H18N6/c1-9(2)21-15-12(14(17-3)18-8-19-15)13(20-21)10-5-4-6-11(16)7-10/h4-9H,16H2,1-3H3,(H,17,18,19). The van der Waals surface area contributed by atoms with Gasteiger partial charge in [-0.15, -0.1) is 0 Å². The van der Waals surface area contributed by atoms with Crippen LogP contribution in [0.2, 0.25) is 0 Å². The summed E-state index contributed by atoms with van der Waals surface area (Å²) in [6.07, 6.45) is 1.55. The van der Waals surface area contributed by atoms with Gasteiger partial charge in [0.05, 0.1) is 5.39 Å². The Morgan fingerprint density at radius 1 is 1.24 bits per heavy atom. The molecule has 3 N–H and O–H groups in total. The molecule has 6 nitrogen and oxygen atoms in total. The number of rotatable bonds is 3. The number of aromatic nitrogens is 4. The van der Waals surface area contributed by atoms with E-state index in [0.717, 1.165) is 28.1 Å². The number of nitrogens with one attached hydrogen (secondary N) is 1. The fraction of sp³-hybridized carbons (Fsp3) is 0.267. The normalized spacial score (nSPS) is 11.2. The molecule has 0 atom stereocenters. The summed E-state index contributed by atoms with van der Waals surface area (Å²) < 4.78 is 1.91. The van der Waals surface area contributed by atoms with Gasteiger partial charge in [-0.25, -0.2) is 14.6 Å². The molecule has 3 rings (SSSR count). The minimum Gasteiger partial charge on any atom is -0.399 e. The van der Waals surface area contributed by atoms with E-state index in [-0.39, 0.29) is 6.04 Å². The molecule has 0 amide bonds. The zero-order valence-electron chi connectivity index (χ0n) is 12.3. The van der Waals surface area contributed by atoms with Crippen LogP contribution in [0.5, 0.6) is 0 Å². The van der Waals surface area contributed by atoms with E-state index in [2.05, 4.69) is 29.1 Å². The van der Waals surface area contributed by atoms with Gasteiger partial charge in [-0.2, -0.15) is 5.10 Å². The van der Waals surface area contributed by atoms with Crippen molar-refractivity contribution in [1.29, 1.82) is 0 Å². The van der Waals surface area contributed by atoms with Crippen LogP contribution in [0, 0.1) is 0 Å². The third-order valence-electron chi connectivity index (χ3n) is 3.37. The average Bonchev–Trinajstić information content (AvgIpc) is 2.87. The molecule has 2 aromatic heterocycles. The maximum atomic E-state index is 5.90. The predicted molar refractivity (Wildman–Crippen MR) is 85.1 cm³/mol. The molecule has 0 radical (unpaired) electrons. The molecule has 21 heavy (non-hydrogen) atoms. The molecule has 3 aromatic rings. The molecule has 0 aliphatic heterocycles. The Bertz CT molecular complexity index is 790. The highest BCUT2D eigenvalue weighted by atomic mass is 15.3. The quantitative estimate of drug-likeness (QED) is 0.722. The molecule has 0 unspecified atom stereocenters. The number of nitrogens with two attached hydrogens (primary N) is 1. The lowest BCUT2D eigenvalue weighted by Crippen LogP contribution is -2.04. The van der Waals surface area contributed by atoms with E-state index in [0.29, 0.717) is 5.69 Å². The summed E-state index contributed by atoms with van der Waals surface area (Å²) in [5, 5.41) is 8.75. The van der Waals surface area contributed by atoms with Crippen molar-refractivity contribution in [2.24, 2.45) is 0 Å². The van der Waals surface area contributed by atoms with E-state index >= 15 is 0 Å². The number of nitrogens with zero attached hydrogens (tertiary/aromatic N) is 4. The first kappa shape index (κ1) is 13.4. The maximum Gasteiger partial charge on any atom is 0.164 e. The van der Waals surface area contributed by atoms with Gasteiger partial charge in [0.1, 0.15) is 17.8 Å². The van der Waals surface area contributed by atoms with Gasteiger partial charge >= 0.3 is 0 Å². The molecule has 108 valence electrons. The Labute approximate surface area is 123 Å². The van der Waals surface area contributed by atoms with Crippen LogP contribution in [0.3, 0.4) is 0 Å². The van der Waals surface area contributed by atoms with Crippen molar-refractivity contribution in [2.75, 3.05) is 18.1 Å². The summed E-state index contributed by atoms with van der Waals surface area (Å²) in [5.74, 6) is 0.768. The van der Waals surface area contributed by atoms with Crippen molar-refractivity contribution < 1.29 is 0 Å². The number of fused-ring (bicyclic) bond motifs is 1. The van der Waals surface area contributed by atoms with Crippen LogP contribution in [0.1, 0.15) is 19.9 Å². The molecule has 0 saturated carbocycles. The minimum atomic E-state index is 0.210. The van der Waals surface area contributed by atoms with Crippen LogP contribution in [0.4, 0.5) is 11.5 Å². The third-order valence-corrected chi connectivity index (χ3v) is 3.37. The maximum absolute atomic E-state index is 5.90. The minimum absolute atomic E-state index is 0.210. The lowest BCUT2D eigenvalue weighted by Gasteiger charge is -2.06. The van der Waals surface area contributed by atoms with Crippen LogP contribution < -0.4 is 11.1 Å². The van der Waals surface area contributed by atoms with Gasteiger partial charge in [-0.05, 0) is 26.0 Å². The topological polar surface area (TPSA) is 81.7 Å². The lowest BCUT2D eigenvalue weighted by atomic mass is 10.1. The van der Waals surface area contributed by atoms with E-state index in [1.807, 2.05) is 36.0 Å². The first-order valence-electron chi connectivity index (χ1n) is 6.88. The molecular weight excluding hydrogens is 264 g/mol. The molecule has 0 aliphatic rings. The van der Waals surface area contributed by atoms with Gasteiger partial charge in [-0.3, -0.25) is 0 Å². The van der Waals surface area contributed by atoms with Crippen LogP contribution in [-0.2, 0) is 0 Å². The van der Waals surface area contributed by atoms with Crippen LogP contribution in [0.15, 0.2) is 30.6 Å². The number of anilines is 2. The molecule has 6 heteroatoms. The van der Waals surface area contributed by atoms with E-state index in [4.69, 9.17) is 10.8 Å². The van der Waals surface area contributed by atoms with Crippen molar-refractivity contribution in [2.45, 2.75) is 19.9 Å². The highest BCUT2D eigenvalue weighted by Crippen LogP contribution is 2.33. The fourth-order valence-corrected chi connectivity index (χ4v) is 2.41. The second kappa shape index (κ2) is 5.05. The summed E-state index contributed by atoms with van der Waals surface area (Å²) in [7, 11) is 1.84. The van der Waals surface area contributed by atoms with E-state index < -0.39 is 0 Å². The highest BCUT2D eigenvalue weighted by molar-refractivity contribution is 5.99. The van der Waals surface area contributed by atoms with Gasteiger partial charge in [0.25, 0.3) is 0 Å². The van der Waals surface area contributed by atoms with Gasteiger partial charge in [0.2, 0.25) is 0 Å². The summed E-state index contributed by atoms with van der Waals surface area (Å²) in [4.78, 5) is 8.70. The molecule has 2 heterocycles. The smallest absolute Gasteiger partial charge is 0.164 e. The summed E-state index contributed by atoms with van der Waals surface area (Å²) >= 11 is 0. The summed E-state index contributed by atoms with van der Waals surface area (Å²) in [6, 6.07) is 7.91. The van der Waals surface area contributed by atoms with E-state index in [9.17, 15) is 0 Å². The molecule has 0 spiro atoms. The van der Waals surface area contributed by atoms with Crippen LogP contribution in [-0.4, -0.2) is 26.8 Å². The summed E-state index contributed by atoms with van der Waals surface area (Å²) in [5.41, 5.74) is 9.23. The van der Waals surface area contributed by atoms with Crippen molar-refractivity contribution in [3.63, 3.8) is 0 Å². The Balaban J connectivity index is 2.36. The third kappa shape index (κ3) is 2.18. The van der Waals surface area contributed by atoms with Crippen molar-refractivity contribution in [3.8, 4) is 11.3 Å². The van der Waals surface area contributed by atoms with Crippen LogP contribution >= 0.6 is 0 Å². The van der Waals surface area contributed by atoms with Crippen molar-refractivity contribution >= 4 is 22.5 Å². The largest absolute Gasteiger partial charge is 0.399 e. The Morgan fingerprint density at radius 2 is 2.05 bits per heavy atom. The number of nitrogen functional groups attached to an aromatic ring is 1. The van der Waals surface area contributed by atoms with Gasteiger partial charge in [0.15, 0.2) is 5.65 Å². The first-order valence-corrected chi connectivity index (χ1v) is 6.88. The Kier molecular flexibility index (Phi) is 3.21. The van der Waals surface area contributed by atoms with Crippen molar-refractivity contribution in [3.05, 3.63) is 30.6 Å². The second-order valence-corrected chi connectivity index (χ2v) is 5.18. The highest BCUT2D eigenvalue weighted by Gasteiger charge is 2.18. The number of benzene rings is 1. The number of hydrogen-bond donors (Lipinski definition) is 2. The van der Waals surface area contributed by atoms with Crippen LogP contribution in [0.25, 0.3) is 22.3 Å². The number of hydrogen-bond acceptors (Lipinski definition) is 5. The van der Waals surface area contributed by atoms with Gasteiger partial charge < -0.3 is 11.1 Å². The molecule has 0 saturated heterocycles. The molecule has 0 bridgehead atoms. The Morgan fingerprint density at radius 3 is 2.71 bits per heavy atom. The monoisotopic (exact) mass is 282 g/mol. The van der Waals surface area contributed by atoms with Gasteiger partial charge in [0, 0.05) is 24.3 Å². The molecular formula is C15H18N6. The second-order valence-electron chi connectivity index (χ2n) is 5.18. The molecule has 1 aromatic carbocycles. The van der Waals surface area contributed by atoms with E-state index in [1.165, 1.54) is 0 Å². The van der Waals surface area contributed by atoms with Gasteiger partial charge in [-0.1, -0.05) is 12.1 Å². The fourth-order valence-electron chi connectivity index (χ4n) is 2.41. The first-order chi connectivity index (χ1) is 10.1. The zero-order chi connectivity index (χ0) is 15.0. The zero-order valence-corrected chi connectivity index (χ0v) is 12.3. The predicted octanol–water partition coefficient (Wildman–Crippen LogP) is 2.70. The van der Waals surface area contributed by atoms with Crippen molar-refractivity contribution in [1.82, 2.24) is 19.7 Å². The molecule has 0 aliphatic carbocycles. The summed E-state index contributed by atoms with van der Waals surface area (Å²) in [6.45, 7) is 4.16. The molecule has 0 fully saturated rings. The Hall–Kier alpha value is -2.63. The average molecular weight is 282 g/mol. The van der Waals surface area contributed by atoms with E-state index in [1.54, 1.807) is 6.33 Å². The lowest BCUT2D eigenvalue weighted by molar-refractivity contribution is 0.548.